The van der Waals surface area contributed by atoms with E-state index in [1.807, 2.05) is 30.3 Å². The van der Waals surface area contributed by atoms with Crippen molar-refractivity contribution in [2.75, 3.05) is 6.61 Å². The van der Waals surface area contributed by atoms with E-state index in [1.165, 1.54) is 0 Å². The Hall–Kier alpha value is -0.400. The first-order valence-electron chi connectivity index (χ1n) is 3.75. The quantitative estimate of drug-likeness (QED) is 0.685. The fourth-order valence-electron chi connectivity index (χ4n) is 0.783. The fourth-order valence-corrected chi connectivity index (χ4v) is 0.961. The molecule has 0 aliphatic rings. The molecule has 0 fully saturated rings. The molecule has 1 aromatic carbocycles. The second kappa shape index (κ2) is 5.28. The van der Waals surface area contributed by atoms with E-state index in [0.29, 0.717) is 13.0 Å². The van der Waals surface area contributed by atoms with Crippen LogP contribution in [0.5, 0.6) is 5.75 Å². The summed E-state index contributed by atoms with van der Waals surface area (Å²) in [7, 11) is 0. The Morgan fingerprint density at radius 2 is 1.83 bits per heavy atom. The van der Waals surface area contributed by atoms with Crippen LogP contribution in [0.25, 0.3) is 0 Å². The van der Waals surface area contributed by atoms with Crippen LogP contribution in [0.4, 0.5) is 0 Å². The first-order chi connectivity index (χ1) is 5.79. The van der Waals surface area contributed by atoms with Gasteiger partial charge in [0.05, 0.1) is 6.61 Å². The van der Waals surface area contributed by atoms with Crippen LogP contribution in [0.2, 0.25) is 0 Å². The van der Waals surface area contributed by atoms with E-state index in [4.69, 9.17) is 27.9 Å². The van der Waals surface area contributed by atoms with E-state index in [0.717, 1.165) is 5.75 Å². The Labute approximate surface area is 82.2 Å². The van der Waals surface area contributed by atoms with E-state index in [2.05, 4.69) is 0 Å². The van der Waals surface area contributed by atoms with Gasteiger partial charge in [0.25, 0.3) is 0 Å². The number of ether oxygens (including phenoxy) is 1. The molecule has 1 aromatic rings. The first kappa shape index (κ1) is 9.69. The number of hydrogen-bond donors (Lipinski definition) is 0. The van der Waals surface area contributed by atoms with Crippen molar-refractivity contribution < 1.29 is 4.74 Å². The minimum Gasteiger partial charge on any atom is -0.493 e. The molecule has 0 amide bonds. The van der Waals surface area contributed by atoms with Gasteiger partial charge in [-0.2, -0.15) is 0 Å². The molecule has 0 bridgehead atoms. The molecule has 0 aliphatic carbocycles. The van der Waals surface area contributed by atoms with Gasteiger partial charge in [-0.1, -0.05) is 18.2 Å². The monoisotopic (exact) mass is 204 g/mol. The normalized spacial score (nSPS) is 10.2. The molecule has 1 rings (SSSR count). The Morgan fingerprint density at radius 1 is 1.17 bits per heavy atom. The smallest absolute Gasteiger partial charge is 0.119 e. The van der Waals surface area contributed by atoms with E-state index in [-0.39, 0.29) is 4.84 Å². The molecule has 3 heteroatoms. The van der Waals surface area contributed by atoms with Crippen molar-refractivity contribution in [3.05, 3.63) is 30.3 Å². The third kappa shape index (κ3) is 3.84. The van der Waals surface area contributed by atoms with Crippen molar-refractivity contribution in [3.8, 4) is 5.75 Å². The summed E-state index contributed by atoms with van der Waals surface area (Å²) < 4.78 is 5.35. The molecule has 0 N–H and O–H groups in total. The van der Waals surface area contributed by atoms with Gasteiger partial charge in [-0.15, -0.1) is 23.2 Å². The van der Waals surface area contributed by atoms with Crippen molar-refractivity contribution in [1.82, 2.24) is 0 Å². The minimum atomic E-state index is -0.339. The molecule has 0 unspecified atom stereocenters. The summed E-state index contributed by atoms with van der Waals surface area (Å²) >= 11 is 11.1. The molecule has 0 aromatic heterocycles. The zero-order chi connectivity index (χ0) is 8.81. The summed E-state index contributed by atoms with van der Waals surface area (Å²) in [6.07, 6.45) is 0.651. The maximum atomic E-state index is 5.53. The summed E-state index contributed by atoms with van der Waals surface area (Å²) in [5.74, 6) is 0.853. The Kier molecular flexibility index (Phi) is 4.26. The van der Waals surface area contributed by atoms with Gasteiger partial charge in [-0.3, -0.25) is 0 Å². The molecule has 0 saturated heterocycles. The summed E-state index contributed by atoms with van der Waals surface area (Å²) in [5.41, 5.74) is 0. The molecule has 12 heavy (non-hydrogen) atoms. The highest BCUT2D eigenvalue weighted by Gasteiger charge is 1.98. The molecule has 1 nitrogen and oxygen atoms in total. The van der Waals surface area contributed by atoms with E-state index < -0.39 is 0 Å². The number of alkyl halides is 2. The van der Waals surface area contributed by atoms with Gasteiger partial charge in [0, 0.05) is 6.42 Å². The highest BCUT2D eigenvalue weighted by Crippen LogP contribution is 2.11. The number of rotatable bonds is 4. The molecule has 0 heterocycles. The average molecular weight is 205 g/mol. The van der Waals surface area contributed by atoms with Gasteiger partial charge in [0.15, 0.2) is 0 Å². The molecular formula is C9H10Cl2O. The van der Waals surface area contributed by atoms with Gasteiger partial charge >= 0.3 is 0 Å². The van der Waals surface area contributed by atoms with Crippen LogP contribution in [0, 0.1) is 0 Å². The Balaban J connectivity index is 2.25. The SMILES string of the molecule is ClC(Cl)CCOc1ccccc1. The highest BCUT2D eigenvalue weighted by molar-refractivity contribution is 6.44. The number of para-hydroxylation sites is 1. The zero-order valence-electron chi connectivity index (χ0n) is 6.54. The van der Waals surface area contributed by atoms with Crippen LogP contribution in [0.15, 0.2) is 30.3 Å². The van der Waals surface area contributed by atoms with Gasteiger partial charge in [0.1, 0.15) is 10.6 Å². The molecule has 0 saturated carbocycles. The van der Waals surface area contributed by atoms with E-state index in [9.17, 15) is 0 Å². The van der Waals surface area contributed by atoms with Gasteiger partial charge in [-0.05, 0) is 12.1 Å². The maximum absolute atomic E-state index is 5.53. The van der Waals surface area contributed by atoms with Gasteiger partial charge in [-0.25, -0.2) is 0 Å². The van der Waals surface area contributed by atoms with Crippen LogP contribution >= 0.6 is 23.2 Å². The lowest BCUT2D eigenvalue weighted by Crippen LogP contribution is -2.01. The molecule has 0 atom stereocenters. The highest BCUT2D eigenvalue weighted by atomic mass is 35.5. The Bertz CT molecular complexity index is 211. The lowest BCUT2D eigenvalue weighted by Gasteiger charge is -2.05. The van der Waals surface area contributed by atoms with Crippen molar-refractivity contribution in [3.63, 3.8) is 0 Å². The molecule has 0 aliphatic heterocycles. The average Bonchev–Trinajstić information content (AvgIpc) is 2.05. The second-order valence-electron chi connectivity index (χ2n) is 2.34. The molecule has 66 valence electrons. The number of hydrogen-bond acceptors (Lipinski definition) is 1. The third-order valence-corrected chi connectivity index (χ3v) is 1.78. The van der Waals surface area contributed by atoms with Crippen LogP contribution in [0.3, 0.4) is 0 Å². The summed E-state index contributed by atoms with van der Waals surface area (Å²) in [6, 6.07) is 9.59. The van der Waals surface area contributed by atoms with Crippen molar-refractivity contribution in [2.45, 2.75) is 11.3 Å². The zero-order valence-corrected chi connectivity index (χ0v) is 8.05. The van der Waals surface area contributed by atoms with Crippen molar-refractivity contribution >= 4 is 23.2 Å². The standard InChI is InChI=1S/C9H10Cl2O/c10-9(11)6-7-12-8-4-2-1-3-5-8/h1-5,9H,6-7H2. The number of benzene rings is 1. The lowest BCUT2D eigenvalue weighted by molar-refractivity contribution is 0.315. The predicted octanol–water partition coefficient (Wildman–Crippen LogP) is 3.26. The van der Waals surface area contributed by atoms with Crippen molar-refractivity contribution in [2.24, 2.45) is 0 Å². The lowest BCUT2D eigenvalue weighted by atomic mass is 10.3. The molecule has 0 spiro atoms. The van der Waals surface area contributed by atoms with E-state index >= 15 is 0 Å². The Morgan fingerprint density at radius 3 is 2.42 bits per heavy atom. The fraction of sp³-hybridized carbons (Fsp3) is 0.333. The van der Waals surface area contributed by atoms with Crippen LogP contribution in [0.1, 0.15) is 6.42 Å². The third-order valence-electron chi connectivity index (χ3n) is 1.35. The topological polar surface area (TPSA) is 9.23 Å². The van der Waals surface area contributed by atoms with Gasteiger partial charge < -0.3 is 4.74 Å². The predicted molar refractivity (Wildman–Crippen MR) is 52.0 cm³/mol. The van der Waals surface area contributed by atoms with Crippen LogP contribution < -0.4 is 4.74 Å². The first-order valence-corrected chi connectivity index (χ1v) is 4.62. The summed E-state index contributed by atoms with van der Waals surface area (Å²) in [4.78, 5) is -0.339. The second-order valence-corrected chi connectivity index (χ2v) is 3.62. The largest absolute Gasteiger partial charge is 0.493 e. The van der Waals surface area contributed by atoms with Crippen LogP contribution in [-0.2, 0) is 0 Å². The molecule has 0 radical (unpaired) electrons. The van der Waals surface area contributed by atoms with Crippen molar-refractivity contribution in [1.29, 1.82) is 0 Å². The summed E-state index contributed by atoms with van der Waals surface area (Å²) in [5, 5.41) is 0. The van der Waals surface area contributed by atoms with Crippen LogP contribution in [-0.4, -0.2) is 11.4 Å². The van der Waals surface area contributed by atoms with Gasteiger partial charge in [0.2, 0.25) is 0 Å². The molecular weight excluding hydrogens is 195 g/mol. The van der Waals surface area contributed by atoms with E-state index in [1.54, 1.807) is 0 Å². The summed E-state index contributed by atoms with van der Waals surface area (Å²) in [6.45, 7) is 0.557. The minimum absolute atomic E-state index is 0.339. The number of halogens is 2. The maximum Gasteiger partial charge on any atom is 0.119 e.